The zero-order valence-electron chi connectivity index (χ0n) is 11.4. The summed E-state index contributed by atoms with van der Waals surface area (Å²) >= 11 is 5.82. The third-order valence-corrected chi connectivity index (χ3v) is 3.64. The fraction of sp³-hybridized carbons (Fsp3) is 0.118. The quantitative estimate of drug-likeness (QED) is 0.764. The summed E-state index contributed by atoms with van der Waals surface area (Å²) in [7, 11) is 0. The maximum absolute atomic E-state index is 12.0. The second kappa shape index (κ2) is 6.02. The van der Waals surface area contributed by atoms with Gasteiger partial charge in [-0.05, 0) is 41.8 Å². The number of carbonyl (C=O) groups excluding carboxylic acids is 1. The van der Waals surface area contributed by atoms with E-state index in [0.29, 0.717) is 18.0 Å². The minimum atomic E-state index is -0.00453. The van der Waals surface area contributed by atoms with Crippen LogP contribution in [0.4, 0.5) is 5.69 Å². The molecule has 0 spiro atoms. The molecule has 3 aromatic rings. The van der Waals surface area contributed by atoms with E-state index < -0.39 is 0 Å². The number of anilines is 1. The fourth-order valence-electron chi connectivity index (χ4n) is 2.31. The molecule has 0 aliphatic rings. The van der Waals surface area contributed by atoms with Gasteiger partial charge in [-0.15, -0.1) is 0 Å². The molecular weight excluding hydrogens is 284 g/mol. The summed E-state index contributed by atoms with van der Waals surface area (Å²) in [5, 5.41) is 4.72. The molecular formula is C17H15ClN2O. The Balaban J connectivity index is 1.62. The molecule has 106 valence electrons. The van der Waals surface area contributed by atoms with Crippen LogP contribution in [-0.2, 0) is 11.3 Å². The molecule has 1 N–H and O–H groups in total. The Hall–Kier alpha value is -2.26. The normalized spacial score (nSPS) is 10.7. The van der Waals surface area contributed by atoms with Gasteiger partial charge in [-0.25, -0.2) is 0 Å². The van der Waals surface area contributed by atoms with Gasteiger partial charge in [0.05, 0.1) is 0 Å². The molecule has 1 amide bonds. The highest BCUT2D eigenvalue weighted by atomic mass is 35.5. The minimum Gasteiger partial charge on any atom is -0.347 e. The summed E-state index contributed by atoms with van der Waals surface area (Å²) in [6.45, 7) is 0.660. The Morgan fingerprint density at radius 1 is 1.05 bits per heavy atom. The molecule has 21 heavy (non-hydrogen) atoms. The van der Waals surface area contributed by atoms with Gasteiger partial charge < -0.3 is 9.88 Å². The summed E-state index contributed by atoms with van der Waals surface area (Å²) in [5.41, 5.74) is 1.92. The van der Waals surface area contributed by atoms with Crippen LogP contribution < -0.4 is 5.32 Å². The van der Waals surface area contributed by atoms with E-state index in [2.05, 4.69) is 28.1 Å². The van der Waals surface area contributed by atoms with E-state index in [0.717, 1.165) is 11.2 Å². The number of rotatable bonds is 4. The molecule has 4 heteroatoms. The Morgan fingerprint density at radius 2 is 1.81 bits per heavy atom. The maximum Gasteiger partial charge on any atom is 0.226 e. The van der Waals surface area contributed by atoms with Gasteiger partial charge >= 0.3 is 0 Å². The number of fused-ring (bicyclic) bond motifs is 1. The Morgan fingerprint density at radius 3 is 2.62 bits per heavy atom. The third-order valence-electron chi connectivity index (χ3n) is 3.39. The average molecular weight is 299 g/mol. The molecule has 0 aliphatic carbocycles. The van der Waals surface area contributed by atoms with Crippen LogP contribution in [0.3, 0.4) is 0 Å². The highest BCUT2D eigenvalue weighted by molar-refractivity contribution is 6.30. The molecule has 0 bridgehead atoms. The van der Waals surface area contributed by atoms with E-state index in [1.807, 2.05) is 18.3 Å². The van der Waals surface area contributed by atoms with Gasteiger partial charge in [-0.3, -0.25) is 4.79 Å². The first-order valence-corrected chi connectivity index (χ1v) is 7.19. The number of hydrogen-bond acceptors (Lipinski definition) is 1. The number of aryl methyl sites for hydroxylation is 1. The van der Waals surface area contributed by atoms with E-state index in [1.54, 1.807) is 24.3 Å². The molecule has 1 aromatic heterocycles. The molecule has 0 saturated carbocycles. The Labute approximate surface area is 128 Å². The van der Waals surface area contributed by atoms with Crippen molar-refractivity contribution in [2.24, 2.45) is 0 Å². The molecule has 0 aliphatic heterocycles. The summed E-state index contributed by atoms with van der Waals surface area (Å²) in [4.78, 5) is 12.0. The lowest BCUT2D eigenvalue weighted by Crippen LogP contribution is -2.14. The molecule has 2 aromatic carbocycles. The van der Waals surface area contributed by atoms with Gasteiger partial charge in [0.2, 0.25) is 5.91 Å². The van der Waals surface area contributed by atoms with Crippen LogP contribution >= 0.6 is 11.6 Å². The number of amides is 1. The lowest BCUT2D eigenvalue weighted by Gasteiger charge is -2.07. The van der Waals surface area contributed by atoms with Crippen LogP contribution in [0, 0.1) is 0 Å². The number of benzene rings is 2. The lowest BCUT2D eigenvalue weighted by molar-refractivity contribution is -0.116. The number of nitrogens with one attached hydrogen (secondary N) is 1. The van der Waals surface area contributed by atoms with Gasteiger partial charge in [-0.1, -0.05) is 29.8 Å². The monoisotopic (exact) mass is 298 g/mol. The summed E-state index contributed by atoms with van der Waals surface area (Å²) in [5.74, 6) is -0.00453. The van der Waals surface area contributed by atoms with Crippen molar-refractivity contribution in [3.05, 3.63) is 65.8 Å². The molecule has 3 rings (SSSR count). The highest BCUT2D eigenvalue weighted by Crippen LogP contribution is 2.16. The molecule has 0 unspecified atom stereocenters. The zero-order valence-corrected chi connectivity index (χ0v) is 12.2. The molecule has 0 radical (unpaired) electrons. The van der Waals surface area contributed by atoms with E-state index in [4.69, 9.17) is 11.6 Å². The van der Waals surface area contributed by atoms with Crippen LogP contribution in [0.25, 0.3) is 10.9 Å². The molecule has 0 saturated heterocycles. The van der Waals surface area contributed by atoms with Crippen LogP contribution in [0.1, 0.15) is 6.42 Å². The van der Waals surface area contributed by atoms with Crippen molar-refractivity contribution in [3.63, 3.8) is 0 Å². The SMILES string of the molecule is O=C(CCn1ccc2ccccc21)Nc1ccc(Cl)cc1. The highest BCUT2D eigenvalue weighted by Gasteiger charge is 2.05. The van der Waals surface area contributed by atoms with E-state index in [-0.39, 0.29) is 5.91 Å². The summed E-state index contributed by atoms with van der Waals surface area (Å²) < 4.78 is 2.09. The van der Waals surface area contributed by atoms with Crippen LogP contribution in [0.15, 0.2) is 60.8 Å². The summed E-state index contributed by atoms with van der Waals surface area (Å²) in [6.07, 6.45) is 2.45. The number of carbonyl (C=O) groups is 1. The van der Waals surface area contributed by atoms with Crippen molar-refractivity contribution in [2.75, 3.05) is 5.32 Å². The standard InChI is InChI=1S/C17H15ClN2O/c18-14-5-7-15(8-6-14)19-17(21)10-12-20-11-9-13-3-1-2-4-16(13)20/h1-9,11H,10,12H2,(H,19,21). The van der Waals surface area contributed by atoms with Gasteiger partial charge in [0.1, 0.15) is 0 Å². The van der Waals surface area contributed by atoms with Gasteiger partial charge in [-0.2, -0.15) is 0 Å². The lowest BCUT2D eigenvalue weighted by atomic mass is 10.2. The fourth-order valence-corrected chi connectivity index (χ4v) is 2.44. The second-order valence-corrected chi connectivity index (χ2v) is 5.31. The van der Waals surface area contributed by atoms with Crippen LogP contribution in [0.5, 0.6) is 0 Å². The van der Waals surface area contributed by atoms with Crippen molar-refractivity contribution >= 4 is 34.1 Å². The van der Waals surface area contributed by atoms with Crippen LogP contribution in [-0.4, -0.2) is 10.5 Å². The first kappa shape index (κ1) is 13.7. The number of hydrogen-bond donors (Lipinski definition) is 1. The maximum atomic E-state index is 12.0. The largest absolute Gasteiger partial charge is 0.347 e. The predicted octanol–water partition coefficient (Wildman–Crippen LogP) is 4.32. The number of halogens is 1. The second-order valence-electron chi connectivity index (χ2n) is 4.87. The van der Waals surface area contributed by atoms with E-state index in [1.165, 1.54) is 5.39 Å². The van der Waals surface area contributed by atoms with Gasteiger partial charge in [0.15, 0.2) is 0 Å². The average Bonchev–Trinajstić information content (AvgIpc) is 2.91. The molecule has 0 fully saturated rings. The van der Waals surface area contributed by atoms with Crippen LogP contribution in [0.2, 0.25) is 5.02 Å². The Bertz CT molecular complexity index is 762. The first-order valence-electron chi connectivity index (χ1n) is 6.82. The smallest absolute Gasteiger partial charge is 0.226 e. The van der Waals surface area contributed by atoms with Crippen molar-refractivity contribution in [2.45, 2.75) is 13.0 Å². The van der Waals surface area contributed by atoms with Crippen molar-refractivity contribution in [3.8, 4) is 0 Å². The first-order chi connectivity index (χ1) is 10.2. The topological polar surface area (TPSA) is 34.0 Å². The number of para-hydroxylation sites is 1. The van der Waals surface area contributed by atoms with E-state index in [9.17, 15) is 4.79 Å². The number of aromatic nitrogens is 1. The Kier molecular flexibility index (Phi) is 3.93. The number of nitrogens with zero attached hydrogens (tertiary/aromatic N) is 1. The molecule has 0 atom stereocenters. The zero-order chi connectivity index (χ0) is 14.7. The van der Waals surface area contributed by atoms with Crippen molar-refractivity contribution in [1.29, 1.82) is 0 Å². The van der Waals surface area contributed by atoms with Crippen molar-refractivity contribution < 1.29 is 4.79 Å². The van der Waals surface area contributed by atoms with E-state index >= 15 is 0 Å². The van der Waals surface area contributed by atoms with Gasteiger partial charge in [0.25, 0.3) is 0 Å². The minimum absolute atomic E-state index is 0.00453. The van der Waals surface area contributed by atoms with Crippen molar-refractivity contribution in [1.82, 2.24) is 4.57 Å². The summed E-state index contributed by atoms with van der Waals surface area (Å²) in [6, 6.07) is 17.3. The predicted molar refractivity (Wildman–Crippen MR) is 86.6 cm³/mol. The molecule has 1 heterocycles. The molecule has 3 nitrogen and oxygen atoms in total. The third kappa shape index (κ3) is 3.26. The van der Waals surface area contributed by atoms with Gasteiger partial charge in [0, 0.05) is 35.4 Å².